The summed E-state index contributed by atoms with van der Waals surface area (Å²) in [6.07, 6.45) is 8.90. The Bertz CT molecular complexity index is 2750. The third-order valence-corrected chi connectivity index (χ3v) is 12.8. The lowest BCUT2D eigenvalue weighted by Gasteiger charge is -2.27. The summed E-state index contributed by atoms with van der Waals surface area (Å²) in [5.41, 5.74) is 3.80. The first-order valence-corrected chi connectivity index (χ1v) is 24.8. The first-order chi connectivity index (χ1) is 34.8. The topological polar surface area (TPSA) is 105 Å². The number of carbonyl (C=O) groups is 4. The maximum absolute atomic E-state index is 13.0. The fourth-order valence-electron chi connectivity index (χ4n) is 8.92. The molecule has 362 valence electrons. The molecule has 8 aromatic carbocycles. The number of fused-ring (bicyclic) bond motifs is 2. The van der Waals surface area contributed by atoms with Crippen molar-refractivity contribution in [2.45, 2.75) is 71.6 Å². The molecule has 0 aliphatic heterocycles. The molecule has 0 spiro atoms. The molecule has 2 atom stereocenters. The largest absolute Gasteiger partial charge is 0.462 e. The van der Waals surface area contributed by atoms with Crippen LogP contribution in [0.5, 0.6) is 11.5 Å². The number of benzene rings is 8. The highest BCUT2D eigenvalue weighted by Gasteiger charge is 2.23. The molecule has 0 saturated heterocycles. The van der Waals surface area contributed by atoms with Crippen LogP contribution in [0.4, 0.5) is 0 Å². The van der Waals surface area contributed by atoms with Crippen LogP contribution in [-0.4, -0.2) is 37.1 Å². The first-order valence-electron chi connectivity index (χ1n) is 24.8. The molecule has 0 heterocycles. The van der Waals surface area contributed by atoms with Crippen molar-refractivity contribution in [2.75, 3.05) is 13.2 Å². The molecule has 0 N–H and O–H groups in total. The van der Waals surface area contributed by atoms with Gasteiger partial charge in [-0.15, -0.1) is 0 Å². The summed E-state index contributed by atoms with van der Waals surface area (Å²) in [4.78, 5) is 50.7. The van der Waals surface area contributed by atoms with E-state index < -0.39 is 11.9 Å². The van der Waals surface area contributed by atoms with Crippen molar-refractivity contribution in [1.82, 2.24) is 0 Å². The summed E-state index contributed by atoms with van der Waals surface area (Å²) >= 11 is 0. The van der Waals surface area contributed by atoms with Crippen molar-refractivity contribution in [3.63, 3.8) is 0 Å². The number of hydrogen-bond donors (Lipinski definition) is 0. The van der Waals surface area contributed by atoms with Crippen LogP contribution in [0, 0.1) is 11.8 Å². The highest BCUT2D eigenvalue weighted by Crippen LogP contribution is 2.37. The van der Waals surface area contributed by atoms with Gasteiger partial charge in [0.15, 0.2) is 0 Å². The number of esters is 4. The van der Waals surface area contributed by atoms with Crippen LogP contribution in [0.3, 0.4) is 0 Å². The molecule has 71 heavy (non-hydrogen) atoms. The van der Waals surface area contributed by atoms with Gasteiger partial charge in [0.2, 0.25) is 0 Å². The molecule has 8 heteroatoms. The Kier molecular flexibility index (Phi) is 19.3. The van der Waals surface area contributed by atoms with Gasteiger partial charge in [-0.25, -0.2) is 19.2 Å². The molecule has 8 rings (SSSR count). The Morgan fingerprint density at radius 3 is 1.04 bits per heavy atom. The molecule has 0 bridgehead atoms. The second-order valence-electron chi connectivity index (χ2n) is 17.6. The second kappa shape index (κ2) is 26.8. The number of hydrogen-bond acceptors (Lipinski definition) is 8. The van der Waals surface area contributed by atoms with E-state index in [0.29, 0.717) is 65.2 Å². The molecular weight excluding hydrogens is 885 g/mol. The van der Waals surface area contributed by atoms with Crippen molar-refractivity contribution in [3.8, 4) is 11.5 Å². The van der Waals surface area contributed by atoms with Crippen LogP contribution in [0.15, 0.2) is 194 Å². The summed E-state index contributed by atoms with van der Waals surface area (Å²) in [5, 5.41) is 3.97. The lowest BCUT2D eigenvalue weighted by atomic mass is 9.80. The number of unbranched alkanes of at least 4 members (excludes halogenated alkanes) is 2. The van der Waals surface area contributed by atoms with Crippen molar-refractivity contribution in [2.24, 2.45) is 11.8 Å². The van der Waals surface area contributed by atoms with Gasteiger partial charge >= 0.3 is 23.9 Å². The van der Waals surface area contributed by atoms with E-state index in [2.05, 4.69) is 13.8 Å². The Morgan fingerprint density at radius 1 is 0.366 bits per heavy atom. The molecule has 0 aromatic heterocycles. The maximum Gasteiger partial charge on any atom is 0.343 e. The summed E-state index contributed by atoms with van der Waals surface area (Å²) in [6, 6.07) is 59.7. The van der Waals surface area contributed by atoms with E-state index in [4.69, 9.17) is 18.9 Å². The minimum absolute atomic E-state index is 0.262. The van der Waals surface area contributed by atoms with E-state index in [1.807, 2.05) is 121 Å². The quantitative estimate of drug-likeness (QED) is 0.0518. The van der Waals surface area contributed by atoms with E-state index in [0.717, 1.165) is 84.0 Å². The van der Waals surface area contributed by atoms with Crippen molar-refractivity contribution in [1.29, 1.82) is 0 Å². The summed E-state index contributed by atoms with van der Waals surface area (Å²) < 4.78 is 23.1. The fourth-order valence-corrected chi connectivity index (χ4v) is 8.92. The summed E-state index contributed by atoms with van der Waals surface area (Å²) in [6.45, 7) is 5.26. The molecule has 2 unspecified atom stereocenters. The Hall–Kier alpha value is -7.84. The summed E-state index contributed by atoms with van der Waals surface area (Å²) in [7, 11) is 0. The molecule has 0 amide bonds. The normalized spacial score (nSPS) is 11.7. The molecule has 8 nitrogen and oxygen atoms in total. The highest BCUT2D eigenvalue weighted by molar-refractivity contribution is 5.96. The average molecular weight is 947 g/mol. The molecule has 0 saturated carbocycles. The predicted octanol–water partition coefficient (Wildman–Crippen LogP) is 15.1. The van der Waals surface area contributed by atoms with Crippen LogP contribution in [0.2, 0.25) is 0 Å². The molecule has 0 radical (unpaired) electrons. The van der Waals surface area contributed by atoms with Crippen molar-refractivity contribution < 1.29 is 38.1 Å². The van der Waals surface area contributed by atoms with Gasteiger partial charge < -0.3 is 18.9 Å². The van der Waals surface area contributed by atoms with Crippen LogP contribution in [0.1, 0.15) is 118 Å². The SMILES string of the molecule is CCCCC(CCOC(=O)c1ccccc1)C(CCCC)CCOC(=O)c1ccccc1.O=C(Oc1ccc2ccccc2c1Cc1c(OC(=O)c2ccccc2)ccc2ccccc12)c1ccccc1. The molecule has 0 aliphatic carbocycles. The lowest BCUT2D eigenvalue weighted by molar-refractivity contribution is 0.0405. The fraction of sp³-hybridized carbons (Fsp3) is 0.238. The van der Waals surface area contributed by atoms with Gasteiger partial charge in [-0.3, -0.25) is 0 Å². The zero-order valence-corrected chi connectivity index (χ0v) is 40.7. The van der Waals surface area contributed by atoms with Crippen LogP contribution in [0.25, 0.3) is 21.5 Å². The molecule has 0 aliphatic rings. The molecule has 8 aromatic rings. The Balaban J connectivity index is 0.000000214. The minimum Gasteiger partial charge on any atom is -0.462 e. The Morgan fingerprint density at radius 2 is 0.690 bits per heavy atom. The van der Waals surface area contributed by atoms with E-state index in [1.54, 1.807) is 72.8 Å². The van der Waals surface area contributed by atoms with Gasteiger partial charge in [-0.1, -0.05) is 186 Å². The second-order valence-corrected chi connectivity index (χ2v) is 17.6. The smallest absolute Gasteiger partial charge is 0.343 e. The van der Waals surface area contributed by atoms with Crippen molar-refractivity contribution >= 4 is 45.4 Å². The molecule has 0 fully saturated rings. The van der Waals surface area contributed by atoms with Crippen LogP contribution >= 0.6 is 0 Å². The monoisotopic (exact) mass is 946 g/mol. The van der Waals surface area contributed by atoms with Gasteiger partial charge in [0.25, 0.3) is 0 Å². The Labute approximate surface area is 417 Å². The van der Waals surface area contributed by atoms with Crippen LogP contribution in [-0.2, 0) is 15.9 Å². The first kappa shape index (κ1) is 51.0. The van der Waals surface area contributed by atoms with Gasteiger partial charge in [0, 0.05) is 17.5 Å². The number of rotatable bonds is 21. The van der Waals surface area contributed by atoms with E-state index in [-0.39, 0.29) is 11.9 Å². The highest BCUT2D eigenvalue weighted by atomic mass is 16.5. The third kappa shape index (κ3) is 14.6. The van der Waals surface area contributed by atoms with Crippen molar-refractivity contribution in [3.05, 3.63) is 228 Å². The van der Waals surface area contributed by atoms with Gasteiger partial charge in [0.05, 0.1) is 35.5 Å². The number of ether oxygens (including phenoxy) is 4. The maximum atomic E-state index is 13.0. The lowest BCUT2D eigenvalue weighted by Crippen LogP contribution is -2.21. The average Bonchev–Trinajstić information content (AvgIpc) is 3.42. The minimum atomic E-state index is -0.430. The van der Waals surface area contributed by atoms with Crippen LogP contribution < -0.4 is 9.47 Å². The van der Waals surface area contributed by atoms with E-state index in [1.165, 1.54) is 0 Å². The predicted molar refractivity (Wildman–Crippen MR) is 282 cm³/mol. The standard InChI is InChI=1S/C35H24O4.C28H38O4/c36-34(26-13-3-1-4-14-26)38-32-21-19-24-11-7-9-17-28(24)30(32)23-31-29-18-10-8-12-25(29)20-22-33(31)39-35(37)27-15-5-2-6-16-27;1-3-5-13-23(19-21-31-27(29)25-15-9-7-10-16-25)24(14-6-4-2)20-22-32-28(30)26-17-11-8-12-18-26/h1-22H,23H2;7-12,15-18,23-24H,3-6,13-14,19-22H2,1-2H3. The third-order valence-electron chi connectivity index (χ3n) is 12.8. The number of carbonyl (C=O) groups excluding carboxylic acids is 4. The zero-order chi connectivity index (χ0) is 49.6. The van der Waals surface area contributed by atoms with E-state index in [9.17, 15) is 19.2 Å². The zero-order valence-electron chi connectivity index (χ0n) is 40.7. The van der Waals surface area contributed by atoms with Gasteiger partial charge in [0.1, 0.15) is 11.5 Å². The summed E-state index contributed by atoms with van der Waals surface area (Å²) in [5.74, 6) is 0.470. The van der Waals surface area contributed by atoms with Gasteiger partial charge in [-0.05, 0) is 107 Å². The van der Waals surface area contributed by atoms with E-state index >= 15 is 0 Å². The molecular formula is C63H62O8. The van der Waals surface area contributed by atoms with Gasteiger partial charge in [-0.2, -0.15) is 0 Å².